The molecule has 1 atom stereocenters. The molecule has 1 unspecified atom stereocenters. The van der Waals surface area contributed by atoms with Gasteiger partial charge in [-0.2, -0.15) is 5.10 Å². The molecular formula is C9H11ClN4O2S. The van der Waals surface area contributed by atoms with Crippen molar-refractivity contribution in [1.29, 1.82) is 0 Å². The Labute approximate surface area is 107 Å². The van der Waals surface area contributed by atoms with Crippen LogP contribution in [0.2, 0.25) is 5.02 Å². The molecule has 0 aromatic carbocycles. The van der Waals surface area contributed by atoms with Crippen LogP contribution in [-0.2, 0) is 11.3 Å². The van der Waals surface area contributed by atoms with E-state index in [1.807, 2.05) is 0 Å². The van der Waals surface area contributed by atoms with Crippen molar-refractivity contribution in [3.63, 3.8) is 0 Å². The minimum atomic E-state index is -0.859. The highest BCUT2D eigenvalue weighted by Crippen LogP contribution is 2.29. The number of ether oxygens (including phenoxy) is 1. The first-order valence-corrected chi connectivity index (χ1v) is 6.04. The van der Waals surface area contributed by atoms with E-state index in [0.717, 1.165) is 11.5 Å². The topological polar surface area (TPSA) is 73.1 Å². The summed E-state index contributed by atoms with van der Waals surface area (Å²) in [5, 5.41) is 18.4. The number of methoxy groups -OCH3 is 1. The molecule has 0 saturated heterocycles. The van der Waals surface area contributed by atoms with Crippen LogP contribution in [0.15, 0.2) is 12.4 Å². The molecule has 0 aliphatic rings. The van der Waals surface area contributed by atoms with Crippen LogP contribution >= 0.6 is 23.1 Å². The number of aliphatic hydroxyl groups is 1. The third-order valence-electron chi connectivity index (χ3n) is 2.25. The van der Waals surface area contributed by atoms with Gasteiger partial charge in [-0.3, -0.25) is 4.68 Å². The molecule has 0 saturated carbocycles. The van der Waals surface area contributed by atoms with E-state index in [9.17, 15) is 5.11 Å². The molecule has 1 N–H and O–H groups in total. The maximum absolute atomic E-state index is 10.2. The Morgan fingerprint density at radius 3 is 3.06 bits per heavy atom. The summed E-state index contributed by atoms with van der Waals surface area (Å²) < 4.78 is 10.3. The quantitative estimate of drug-likeness (QED) is 0.884. The van der Waals surface area contributed by atoms with Crippen molar-refractivity contribution < 1.29 is 9.84 Å². The van der Waals surface area contributed by atoms with Gasteiger partial charge in [0.05, 0.1) is 41.1 Å². The molecule has 92 valence electrons. The minimum absolute atomic E-state index is 0.419. The van der Waals surface area contributed by atoms with Crippen molar-refractivity contribution in [3.05, 3.63) is 28.0 Å². The zero-order chi connectivity index (χ0) is 12.3. The summed E-state index contributed by atoms with van der Waals surface area (Å²) in [5.74, 6) is 0. The van der Waals surface area contributed by atoms with Crippen LogP contribution in [0, 0.1) is 0 Å². The smallest absolute Gasteiger partial charge is 0.134 e. The summed E-state index contributed by atoms with van der Waals surface area (Å²) in [4.78, 5) is 0.631. The maximum Gasteiger partial charge on any atom is 0.134 e. The first-order valence-electron chi connectivity index (χ1n) is 4.89. The predicted octanol–water partition coefficient (Wildman–Crippen LogP) is 1.12. The molecule has 17 heavy (non-hydrogen) atoms. The number of rotatable bonds is 5. The largest absolute Gasteiger partial charge is 0.383 e. The molecule has 0 radical (unpaired) electrons. The highest BCUT2D eigenvalue weighted by molar-refractivity contribution is 7.05. The zero-order valence-electron chi connectivity index (χ0n) is 9.08. The second-order valence-electron chi connectivity index (χ2n) is 3.32. The Morgan fingerprint density at radius 2 is 2.41 bits per heavy atom. The maximum atomic E-state index is 10.2. The van der Waals surface area contributed by atoms with E-state index in [4.69, 9.17) is 16.3 Å². The van der Waals surface area contributed by atoms with Gasteiger partial charge in [0, 0.05) is 7.11 Å². The third kappa shape index (κ3) is 2.63. The molecule has 8 heteroatoms. The highest BCUT2D eigenvalue weighted by Gasteiger charge is 2.21. The Hall–Kier alpha value is -1.02. The second-order valence-corrected chi connectivity index (χ2v) is 4.54. The van der Waals surface area contributed by atoms with E-state index >= 15 is 0 Å². The lowest BCUT2D eigenvalue weighted by Crippen LogP contribution is -2.13. The van der Waals surface area contributed by atoms with Gasteiger partial charge in [-0.05, 0) is 11.5 Å². The number of nitrogens with zero attached hydrogens (tertiary/aromatic N) is 4. The summed E-state index contributed by atoms with van der Waals surface area (Å²) >= 11 is 7.14. The molecule has 2 rings (SSSR count). The first kappa shape index (κ1) is 12.4. The van der Waals surface area contributed by atoms with E-state index in [1.54, 1.807) is 11.8 Å². The Bertz CT molecular complexity index is 473. The van der Waals surface area contributed by atoms with E-state index in [0.29, 0.717) is 28.7 Å². The lowest BCUT2D eigenvalue weighted by Gasteiger charge is -2.11. The Balaban J connectivity index is 2.27. The van der Waals surface area contributed by atoms with Crippen LogP contribution in [0.3, 0.4) is 0 Å². The molecule has 0 fully saturated rings. The van der Waals surface area contributed by atoms with Crippen LogP contribution in [0.4, 0.5) is 0 Å². The van der Waals surface area contributed by atoms with Crippen LogP contribution in [0.25, 0.3) is 0 Å². The number of hydrogen-bond acceptors (Lipinski definition) is 6. The van der Waals surface area contributed by atoms with Crippen LogP contribution < -0.4 is 0 Å². The normalized spacial score (nSPS) is 12.9. The Kier molecular flexibility index (Phi) is 4.06. The second kappa shape index (κ2) is 5.54. The lowest BCUT2D eigenvalue weighted by atomic mass is 10.2. The highest BCUT2D eigenvalue weighted by atomic mass is 35.5. The molecule has 0 spiro atoms. The fourth-order valence-corrected chi connectivity index (χ4v) is 2.17. The number of hydrogen-bond donors (Lipinski definition) is 1. The van der Waals surface area contributed by atoms with E-state index in [-0.39, 0.29) is 0 Å². The van der Waals surface area contributed by atoms with Gasteiger partial charge >= 0.3 is 0 Å². The predicted molar refractivity (Wildman–Crippen MR) is 63.1 cm³/mol. The van der Waals surface area contributed by atoms with Gasteiger partial charge in [0.15, 0.2) is 0 Å². The minimum Gasteiger partial charge on any atom is -0.383 e. The molecule has 2 aromatic rings. The van der Waals surface area contributed by atoms with Crippen molar-refractivity contribution in [2.75, 3.05) is 13.7 Å². The number of halogens is 1. The average molecular weight is 275 g/mol. The molecule has 0 amide bonds. The Morgan fingerprint density at radius 1 is 1.59 bits per heavy atom. The molecule has 0 aliphatic carbocycles. The van der Waals surface area contributed by atoms with Crippen molar-refractivity contribution in [1.82, 2.24) is 19.4 Å². The molecule has 2 heterocycles. The van der Waals surface area contributed by atoms with Crippen LogP contribution in [0.1, 0.15) is 16.7 Å². The van der Waals surface area contributed by atoms with E-state index < -0.39 is 6.10 Å². The zero-order valence-corrected chi connectivity index (χ0v) is 10.6. The van der Waals surface area contributed by atoms with Gasteiger partial charge < -0.3 is 9.84 Å². The van der Waals surface area contributed by atoms with E-state index in [2.05, 4.69) is 14.7 Å². The summed E-state index contributed by atoms with van der Waals surface area (Å²) in [6.45, 7) is 1.03. The standard InChI is InChI=1S/C9H11ClN4O2S/c1-16-3-2-14-8(6(10)4-12-14)9(15)7-5-11-13-17-7/h4-5,9,15H,2-3H2,1H3. The summed E-state index contributed by atoms with van der Waals surface area (Å²) in [6, 6.07) is 0. The third-order valence-corrected chi connectivity index (χ3v) is 3.25. The summed E-state index contributed by atoms with van der Waals surface area (Å²) in [5.41, 5.74) is 0.537. The molecule has 2 aromatic heterocycles. The van der Waals surface area contributed by atoms with Gasteiger partial charge in [0.2, 0.25) is 0 Å². The fourth-order valence-electron chi connectivity index (χ4n) is 1.43. The first-order chi connectivity index (χ1) is 8.24. The van der Waals surface area contributed by atoms with Gasteiger partial charge in [-0.25, -0.2) is 0 Å². The van der Waals surface area contributed by atoms with Crippen molar-refractivity contribution in [2.45, 2.75) is 12.6 Å². The number of aliphatic hydroxyl groups excluding tert-OH is 1. The van der Waals surface area contributed by atoms with Gasteiger partial charge in [-0.1, -0.05) is 16.1 Å². The van der Waals surface area contributed by atoms with Gasteiger partial charge in [0.25, 0.3) is 0 Å². The SMILES string of the molecule is COCCn1ncc(Cl)c1C(O)c1cnns1. The van der Waals surface area contributed by atoms with Crippen molar-refractivity contribution >= 4 is 23.1 Å². The molecule has 0 aliphatic heterocycles. The fraction of sp³-hybridized carbons (Fsp3) is 0.444. The van der Waals surface area contributed by atoms with Gasteiger partial charge in [0.1, 0.15) is 6.10 Å². The summed E-state index contributed by atoms with van der Waals surface area (Å²) in [6.07, 6.45) is 2.16. The molecule has 0 bridgehead atoms. The average Bonchev–Trinajstić information content (AvgIpc) is 2.95. The molecular weight excluding hydrogens is 264 g/mol. The summed E-state index contributed by atoms with van der Waals surface area (Å²) in [7, 11) is 1.61. The van der Waals surface area contributed by atoms with Crippen LogP contribution in [0.5, 0.6) is 0 Å². The monoisotopic (exact) mass is 274 g/mol. The van der Waals surface area contributed by atoms with Gasteiger partial charge in [-0.15, -0.1) is 5.10 Å². The lowest BCUT2D eigenvalue weighted by molar-refractivity contribution is 0.172. The number of aromatic nitrogens is 4. The van der Waals surface area contributed by atoms with Crippen molar-refractivity contribution in [2.24, 2.45) is 0 Å². The van der Waals surface area contributed by atoms with Crippen LogP contribution in [-0.4, -0.2) is 38.2 Å². The molecule has 6 nitrogen and oxygen atoms in total. The van der Waals surface area contributed by atoms with Crippen molar-refractivity contribution in [3.8, 4) is 0 Å². The van der Waals surface area contributed by atoms with E-state index in [1.165, 1.54) is 12.4 Å².